The second kappa shape index (κ2) is 18.1. The van der Waals surface area contributed by atoms with Crippen molar-refractivity contribution < 1.29 is 33.1 Å². The fourth-order valence-corrected chi connectivity index (χ4v) is 12.3. The molecule has 71 heavy (non-hydrogen) atoms. The van der Waals surface area contributed by atoms with Gasteiger partial charge >= 0.3 is 0 Å². The predicted octanol–water partition coefficient (Wildman–Crippen LogP) is 6.26. The Balaban J connectivity index is 0.750. The number of fused-ring (bicyclic) bond motifs is 4. The van der Waals surface area contributed by atoms with Crippen LogP contribution in [0.2, 0.25) is 0 Å². The van der Waals surface area contributed by atoms with E-state index >= 15 is 0 Å². The van der Waals surface area contributed by atoms with Crippen LogP contribution in [0.25, 0.3) is 11.1 Å². The van der Waals surface area contributed by atoms with Crippen LogP contribution in [0, 0.1) is 5.41 Å². The molecule has 0 bridgehead atoms. The molecule has 5 atom stereocenters. The first-order chi connectivity index (χ1) is 35.3. The number of methoxy groups -OCH3 is 1. The summed E-state index contributed by atoms with van der Waals surface area (Å²) in [4.78, 5) is 76.3. The number of benzene rings is 1. The van der Waals surface area contributed by atoms with Gasteiger partial charge in [0.05, 0.1) is 29.1 Å². The lowest BCUT2D eigenvalue weighted by Gasteiger charge is -2.48. The van der Waals surface area contributed by atoms with Gasteiger partial charge in [-0.05, 0) is 124 Å². The highest BCUT2D eigenvalue weighted by atomic mass is 16.5. The summed E-state index contributed by atoms with van der Waals surface area (Å²) in [5.41, 5.74) is 8.58. The summed E-state index contributed by atoms with van der Waals surface area (Å²) in [6.07, 6.45) is 8.27. The number of imide groups is 1. The molecular weight excluding hydrogens is 899 g/mol. The topological polar surface area (TPSA) is 182 Å². The number of piperidine rings is 2. The Morgan fingerprint density at radius 1 is 0.845 bits per heavy atom. The van der Waals surface area contributed by atoms with Crippen LogP contribution in [0.15, 0.2) is 67.1 Å². The maximum Gasteiger partial charge on any atom is 0.276 e. The summed E-state index contributed by atoms with van der Waals surface area (Å²) in [7, 11) is -2.79. The van der Waals surface area contributed by atoms with E-state index in [4.69, 9.17) is 13.8 Å². The van der Waals surface area contributed by atoms with Crippen molar-refractivity contribution in [3.63, 3.8) is 0 Å². The number of amides is 4. The summed E-state index contributed by atoms with van der Waals surface area (Å²) in [6, 6.07) is 15.6. The number of hydrogen-bond donors (Lipinski definition) is 3. The zero-order valence-electron chi connectivity index (χ0n) is 43.9. The number of anilines is 5. The van der Waals surface area contributed by atoms with Gasteiger partial charge in [-0.2, -0.15) is 0 Å². The first-order valence-corrected chi connectivity index (χ1v) is 25.0. The molecule has 4 amide bonds. The number of nitrogens with zero attached hydrogens (tertiary/aromatic N) is 9. The van der Waals surface area contributed by atoms with Gasteiger partial charge in [0.25, 0.3) is 11.8 Å². The minimum absolute atomic E-state index is 0.150. The second-order valence-corrected chi connectivity index (χ2v) is 21.1. The van der Waals surface area contributed by atoms with E-state index in [1.807, 2.05) is 36.5 Å². The van der Waals surface area contributed by atoms with Crippen molar-refractivity contribution >= 4 is 52.3 Å². The molecule has 4 aromatic heterocycles. The maximum atomic E-state index is 14.2. The Morgan fingerprint density at radius 3 is 2.44 bits per heavy atom. The van der Waals surface area contributed by atoms with Gasteiger partial charge in [-0.25, -0.2) is 15.0 Å². The van der Waals surface area contributed by atoms with Gasteiger partial charge in [-0.1, -0.05) is 13.8 Å². The van der Waals surface area contributed by atoms with Crippen molar-refractivity contribution in [3.8, 4) is 17.0 Å². The Kier molecular flexibility index (Phi) is 10.9. The number of aliphatic hydroxyl groups is 1. The van der Waals surface area contributed by atoms with Crippen molar-refractivity contribution in [2.24, 2.45) is 5.41 Å². The SMILES string of the molecule is [2H]C([2H])([2H])Oc1ncc(-c2ccnc(N3CCn4c(cc5c4CC(C)(C)C5)C3=O)c2[C@H](C)O)cc1Nc1ccc(N2CCN(C3CCN(c4ccc5c(c4)CN([C@H]4CCC(=O)NC4=O)C5=O)[C@H](C)C3)C[C@@H]2C)cn1. The zero-order chi connectivity index (χ0) is 52.0. The number of hydrogen-bond acceptors (Lipinski definition) is 13. The number of piperazine rings is 1. The molecule has 3 fully saturated rings. The summed E-state index contributed by atoms with van der Waals surface area (Å²) in [5, 5.41) is 17.0. The lowest BCUT2D eigenvalue weighted by molar-refractivity contribution is -0.136. The minimum atomic E-state index is -2.79. The van der Waals surface area contributed by atoms with Crippen LogP contribution in [0.3, 0.4) is 0 Å². The van der Waals surface area contributed by atoms with Gasteiger partial charge in [0.15, 0.2) is 0 Å². The Hall–Kier alpha value is -6.85. The molecule has 17 heteroatoms. The third-order valence-corrected chi connectivity index (χ3v) is 15.7. The van der Waals surface area contributed by atoms with Gasteiger partial charge < -0.3 is 34.4 Å². The third-order valence-electron chi connectivity index (χ3n) is 15.7. The number of nitrogens with one attached hydrogen (secondary N) is 2. The molecular formula is C54H63N11O6. The van der Waals surface area contributed by atoms with Crippen molar-refractivity contribution in [2.45, 2.75) is 117 Å². The van der Waals surface area contributed by atoms with Crippen LogP contribution >= 0.6 is 0 Å². The van der Waals surface area contributed by atoms with Gasteiger partial charge in [0.1, 0.15) is 29.1 Å². The Labute approximate surface area is 418 Å². The molecule has 5 aliphatic heterocycles. The molecule has 17 nitrogen and oxygen atoms in total. The highest BCUT2D eigenvalue weighted by molar-refractivity contribution is 6.07. The molecule has 3 N–H and O–H groups in total. The largest absolute Gasteiger partial charge is 0.480 e. The number of carbonyl (C=O) groups excluding carboxylic acids is 4. The summed E-state index contributed by atoms with van der Waals surface area (Å²) < 4.78 is 31.2. The first-order valence-electron chi connectivity index (χ1n) is 26.5. The molecule has 1 aliphatic carbocycles. The molecule has 0 spiro atoms. The number of aliphatic hydroxyl groups excluding tert-OH is 1. The van der Waals surface area contributed by atoms with Crippen molar-refractivity contribution in [2.75, 3.05) is 59.8 Å². The minimum Gasteiger partial charge on any atom is -0.480 e. The molecule has 3 saturated heterocycles. The standard InChI is InChI=1S/C54H63N11O6/c1-31-21-37(14-16-61(31)38-7-9-41-36(22-38)30-65(52(41)69)43-10-12-47(67)59-50(43)68)60-17-18-62(32(2)29-60)39-8-11-46(56-28-39)58-42-23-35(27-57-51(42)71-6)40-13-15-55-49(48(40)33(3)66)64-20-19-63-44(53(64)70)24-34-25-54(4,5)26-45(34)63/h7-9,11,13,15,22-24,27-28,31-33,37,43,66H,10,12,14,16-21,25-26,29-30H2,1-6H3,(H,56,58)(H,59,67,68)/t31-,32+,33+,37?,43+/m1/s1/i6D3. The lowest BCUT2D eigenvalue weighted by Crippen LogP contribution is -2.58. The maximum absolute atomic E-state index is 14.2. The van der Waals surface area contributed by atoms with Crippen LogP contribution < -0.4 is 30.1 Å². The number of aromatic nitrogens is 4. The average molecular weight is 965 g/mol. The normalized spacial score (nSPS) is 24.5. The molecule has 0 saturated carbocycles. The zero-order valence-corrected chi connectivity index (χ0v) is 40.9. The Morgan fingerprint density at radius 2 is 1.68 bits per heavy atom. The highest BCUT2D eigenvalue weighted by Gasteiger charge is 2.41. The van der Waals surface area contributed by atoms with Crippen LogP contribution in [0.4, 0.5) is 28.7 Å². The van der Waals surface area contributed by atoms with E-state index in [1.54, 1.807) is 35.1 Å². The molecule has 0 radical (unpaired) electrons. The monoisotopic (exact) mass is 965 g/mol. The van der Waals surface area contributed by atoms with Crippen LogP contribution in [-0.4, -0.2) is 122 Å². The summed E-state index contributed by atoms with van der Waals surface area (Å²) >= 11 is 0. The van der Waals surface area contributed by atoms with E-state index in [2.05, 4.69) is 73.6 Å². The number of carbonyl (C=O) groups is 4. The second-order valence-electron chi connectivity index (χ2n) is 21.1. The first kappa shape index (κ1) is 43.0. The fraction of sp³-hybridized carbons (Fsp3) is 0.463. The quantitative estimate of drug-likeness (QED) is 0.134. The van der Waals surface area contributed by atoms with Gasteiger partial charge in [0, 0.05) is 111 Å². The lowest BCUT2D eigenvalue weighted by atomic mass is 9.90. The van der Waals surface area contributed by atoms with Gasteiger partial charge in [-0.3, -0.25) is 34.3 Å². The average Bonchev–Trinajstić information content (AvgIpc) is 3.98. The Bertz CT molecular complexity index is 3070. The summed E-state index contributed by atoms with van der Waals surface area (Å²) in [5.74, 6) is -0.392. The van der Waals surface area contributed by atoms with Crippen molar-refractivity contribution in [1.82, 2.24) is 34.6 Å². The number of rotatable bonds is 10. The molecule has 370 valence electrons. The smallest absolute Gasteiger partial charge is 0.276 e. The fourth-order valence-electron chi connectivity index (χ4n) is 12.3. The van der Waals surface area contributed by atoms with E-state index in [0.717, 1.165) is 68.8 Å². The number of ether oxygens (including phenoxy) is 1. The van der Waals surface area contributed by atoms with E-state index in [0.29, 0.717) is 71.7 Å². The van der Waals surface area contributed by atoms with Crippen molar-refractivity contribution in [3.05, 3.63) is 101 Å². The van der Waals surface area contributed by atoms with Crippen LogP contribution in [0.5, 0.6) is 5.88 Å². The molecule has 1 aromatic carbocycles. The molecule has 9 heterocycles. The van der Waals surface area contributed by atoms with Crippen LogP contribution in [-0.2, 0) is 35.5 Å². The number of pyridine rings is 3. The van der Waals surface area contributed by atoms with E-state index in [9.17, 15) is 24.3 Å². The molecule has 5 aromatic rings. The molecule has 1 unspecified atom stereocenters. The van der Waals surface area contributed by atoms with E-state index in [-0.39, 0.29) is 53.2 Å². The van der Waals surface area contributed by atoms with Crippen LogP contribution in [0.1, 0.15) is 114 Å². The van der Waals surface area contributed by atoms with Gasteiger partial charge in [0.2, 0.25) is 17.7 Å². The third kappa shape index (κ3) is 8.45. The highest BCUT2D eigenvalue weighted by Crippen LogP contribution is 2.42. The summed E-state index contributed by atoms with van der Waals surface area (Å²) in [6.45, 7) is 15.4. The molecule has 11 rings (SSSR count). The van der Waals surface area contributed by atoms with E-state index in [1.165, 1.54) is 17.5 Å². The van der Waals surface area contributed by atoms with Gasteiger partial charge in [-0.15, -0.1) is 0 Å². The molecule has 6 aliphatic rings. The predicted molar refractivity (Wildman–Crippen MR) is 270 cm³/mol. The van der Waals surface area contributed by atoms with Crippen molar-refractivity contribution in [1.29, 1.82) is 0 Å². The van der Waals surface area contributed by atoms with E-state index < -0.39 is 25.1 Å².